The van der Waals surface area contributed by atoms with E-state index in [-0.39, 0.29) is 11.9 Å². The fraction of sp³-hybridized carbons (Fsp3) is 0.200. The number of hydrogen-bond donors (Lipinski definition) is 1. The van der Waals surface area contributed by atoms with Gasteiger partial charge >= 0.3 is 0 Å². The van der Waals surface area contributed by atoms with Gasteiger partial charge in [-0.15, -0.1) is 11.8 Å². The molecule has 4 nitrogen and oxygen atoms in total. The monoisotopic (exact) mass is 349 g/mol. The fourth-order valence-electron chi connectivity index (χ4n) is 3.10. The Morgan fingerprint density at radius 3 is 2.84 bits per heavy atom. The van der Waals surface area contributed by atoms with Crippen molar-refractivity contribution in [3.8, 4) is 5.69 Å². The molecule has 1 N–H and O–H groups in total. The van der Waals surface area contributed by atoms with Gasteiger partial charge in [0.25, 0.3) is 0 Å². The van der Waals surface area contributed by atoms with Crippen molar-refractivity contribution in [2.75, 3.05) is 5.75 Å². The average Bonchev–Trinajstić information content (AvgIpc) is 3.11. The lowest BCUT2D eigenvalue weighted by atomic mass is 10.0. The Balaban J connectivity index is 1.43. The van der Waals surface area contributed by atoms with E-state index in [2.05, 4.69) is 22.5 Å². The number of amides is 1. The summed E-state index contributed by atoms with van der Waals surface area (Å²) in [5.74, 6) is 1.08. The summed E-state index contributed by atoms with van der Waals surface area (Å²) >= 11 is 1.86. The van der Waals surface area contributed by atoms with Crippen LogP contribution in [0.3, 0.4) is 0 Å². The largest absolute Gasteiger partial charge is 0.349 e. The Morgan fingerprint density at radius 1 is 1.16 bits per heavy atom. The second-order valence-corrected chi connectivity index (χ2v) is 7.24. The maximum atomic E-state index is 12.5. The molecular weight excluding hydrogens is 330 g/mol. The van der Waals surface area contributed by atoms with Gasteiger partial charge in [-0.25, -0.2) is 4.68 Å². The first kappa shape index (κ1) is 16.0. The van der Waals surface area contributed by atoms with Gasteiger partial charge in [0.15, 0.2) is 0 Å². The van der Waals surface area contributed by atoms with Crippen LogP contribution in [0, 0.1) is 0 Å². The Labute approximate surface area is 151 Å². The zero-order valence-electron chi connectivity index (χ0n) is 13.8. The quantitative estimate of drug-likeness (QED) is 0.780. The number of para-hydroxylation sites is 1. The van der Waals surface area contributed by atoms with Crippen molar-refractivity contribution in [1.82, 2.24) is 15.1 Å². The van der Waals surface area contributed by atoms with Crippen LogP contribution in [0.25, 0.3) is 5.69 Å². The number of nitrogens with zero attached hydrogens (tertiary/aromatic N) is 2. The molecule has 0 fully saturated rings. The molecule has 1 unspecified atom stereocenters. The highest BCUT2D eigenvalue weighted by Crippen LogP contribution is 2.35. The predicted molar refractivity (Wildman–Crippen MR) is 99.9 cm³/mol. The van der Waals surface area contributed by atoms with Crippen LogP contribution in [0.15, 0.2) is 71.9 Å². The third-order valence-electron chi connectivity index (χ3n) is 4.32. The smallest absolute Gasteiger partial charge is 0.225 e. The molecule has 0 radical (unpaired) electrons. The van der Waals surface area contributed by atoms with Gasteiger partial charge in [0.05, 0.1) is 24.3 Å². The number of aromatic nitrogens is 2. The normalized spacial score (nSPS) is 16.2. The summed E-state index contributed by atoms with van der Waals surface area (Å²) in [6.45, 7) is 0. The lowest BCUT2D eigenvalue weighted by Crippen LogP contribution is -2.31. The van der Waals surface area contributed by atoms with Crippen LogP contribution in [-0.2, 0) is 11.2 Å². The highest BCUT2D eigenvalue weighted by atomic mass is 32.2. The van der Waals surface area contributed by atoms with Crippen molar-refractivity contribution >= 4 is 17.7 Å². The molecule has 0 bridgehead atoms. The molecule has 25 heavy (non-hydrogen) atoms. The Hall–Kier alpha value is -2.53. The lowest BCUT2D eigenvalue weighted by Gasteiger charge is -2.25. The Morgan fingerprint density at radius 2 is 1.96 bits per heavy atom. The number of hydrogen-bond acceptors (Lipinski definition) is 3. The topological polar surface area (TPSA) is 46.9 Å². The molecule has 2 aromatic carbocycles. The van der Waals surface area contributed by atoms with E-state index in [0.717, 1.165) is 23.4 Å². The molecule has 0 aliphatic carbocycles. The van der Waals surface area contributed by atoms with Crippen LogP contribution in [0.4, 0.5) is 0 Å². The molecule has 1 amide bonds. The molecule has 5 heteroatoms. The van der Waals surface area contributed by atoms with Gasteiger partial charge in [-0.2, -0.15) is 5.10 Å². The molecular formula is C20H19N3OS. The minimum absolute atomic E-state index is 0.0410. The van der Waals surface area contributed by atoms with E-state index in [1.165, 1.54) is 10.5 Å². The summed E-state index contributed by atoms with van der Waals surface area (Å²) in [4.78, 5) is 13.8. The minimum Gasteiger partial charge on any atom is -0.349 e. The summed E-state index contributed by atoms with van der Waals surface area (Å²) < 4.78 is 1.80. The van der Waals surface area contributed by atoms with Gasteiger partial charge in [0.2, 0.25) is 5.91 Å². The number of nitrogens with one attached hydrogen (secondary N) is 1. The highest BCUT2D eigenvalue weighted by Gasteiger charge is 2.22. The number of benzene rings is 2. The SMILES string of the molecule is O=C(Cc1cnn(-c2ccccc2)c1)NC1CCSc2ccccc21. The van der Waals surface area contributed by atoms with Crippen LogP contribution in [0.1, 0.15) is 23.6 Å². The molecule has 1 aliphatic rings. The van der Waals surface area contributed by atoms with E-state index in [9.17, 15) is 4.79 Å². The molecule has 1 aliphatic heterocycles. The average molecular weight is 349 g/mol. The maximum absolute atomic E-state index is 12.5. The van der Waals surface area contributed by atoms with Gasteiger partial charge in [-0.05, 0) is 35.7 Å². The number of thioether (sulfide) groups is 1. The Kier molecular flexibility index (Phi) is 4.57. The first-order valence-corrected chi connectivity index (χ1v) is 9.38. The molecule has 2 heterocycles. The van der Waals surface area contributed by atoms with Crippen molar-refractivity contribution < 1.29 is 4.79 Å². The zero-order valence-corrected chi connectivity index (χ0v) is 14.6. The third-order valence-corrected chi connectivity index (χ3v) is 5.44. The summed E-state index contributed by atoms with van der Waals surface area (Å²) in [6.07, 6.45) is 4.99. The number of rotatable bonds is 4. The first-order chi connectivity index (χ1) is 12.3. The second-order valence-electron chi connectivity index (χ2n) is 6.10. The summed E-state index contributed by atoms with van der Waals surface area (Å²) in [5, 5.41) is 7.54. The van der Waals surface area contributed by atoms with Crippen molar-refractivity contribution in [2.45, 2.75) is 23.8 Å². The number of carbonyl (C=O) groups excluding carboxylic acids is 1. The van der Waals surface area contributed by atoms with Crippen molar-refractivity contribution in [2.24, 2.45) is 0 Å². The van der Waals surface area contributed by atoms with Gasteiger partial charge in [0, 0.05) is 16.8 Å². The molecule has 1 atom stereocenters. The molecule has 0 saturated heterocycles. The van der Waals surface area contributed by atoms with Gasteiger partial charge in [0.1, 0.15) is 0 Å². The summed E-state index contributed by atoms with van der Waals surface area (Å²) in [7, 11) is 0. The predicted octanol–water partition coefficient (Wildman–Crippen LogP) is 3.77. The van der Waals surface area contributed by atoms with E-state index in [1.54, 1.807) is 10.9 Å². The van der Waals surface area contributed by atoms with Crippen LogP contribution >= 0.6 is 11.8 Å². The fourth-order valence-corrected chi connectivity index (χ4v) is 4.22. The number of fused-ring (bicyclic) bond motifs is 1. The van der Waals surface area contributed by atoms with Crippen molar-refractivity contribution in [3.63, 3.8) is 0 Å². The van der Waals surface area contributed by atoms with Crippen LogP contribution in [0.5, 0.6) is 0 Å². The molecule has 3 aromatic rings. The summed E-state index contributed by atoms with van der Waals surface area (Å²) in [6, 6.07) is 18.3. The molecule has 0 saturated carbocycles. The van der Waals surface area contributed by atoms with E-state index in [1.807, 2.05) is 60.4 Å². The molecule has 126 valence electrons. The molecule has 0 spiro atoms. The number of carbonyl (C=O) groups is 1. The van der Waals surface area contributed by atoms with Crippen molar-refractivity contribution in [3.05, 3.63) is 78.1 Å². The second kappa shape index (κ2) is 7.15. The van der Waals surface area contributed by atoms with Gasteiger partial charge in [-0.3, -0.25) is 4.79 Å². The Bertz CT molecular complexity index is 875. The van der Waals surface area contributed by atoms with E-state index in [0.29, 0.717) is 6.42 Å². The van der Waals surface area contributed by atoms with Crippen LogP contribution in [-0.4, -0.2) is 21.4 Å². The molecule has 1 aromatic heterocycles. The van der Waals surface area contributed by atoms with E-state index >= 15 is 0 Å². The standard InChI is InChI=1S/C20H19N3OS/c24-20(22-18-10-11-25-19-9-5-4-8-17(18)19)12-15-13-21-23(14-15)16-6-2-1-3-7-16/h1-9,13-14,18H,10-12H2,(H,22,24). The van der Waals surface area contributed by atoms with Crippen molar-refractivity contribution in [1.29, 1.82) is 0 Å². The lowest BCUT2D eigenvalue weighted by molar-refractivity contribution is -0.121. The minimum atomic E-state index is 0.0410. The summed E-state index contributed by atoms with van der Waals surface area (Å²) in [5.41, 5.74) is 3.14. The molecule has 4 rings (SSSR count). The third kappa shape index (κ3) is 3.61. The van der Waals surface area contributed by atoms with E-state index < -0.39 is 0 Å². The van der Waals surface area contributed by atoms with Crippen LogP contribution in [0.2, 0.25) is 0 Å². The first-order valence-electron chi connectivity index (χ1n) is 8.40. The maximum Gasteiger partial charge on any atom is 0.225 e. The van der Waals surface area contributed by atoms with E-state index in [4.69, 9.17) is 0 Å². The zero-order chi connectivity index (χ0) is 17.1. The highest BCUT2D eigenvalue weighted by molar-refractivity contribution is 7.99. The van der Waals surface area contributed by atoms with Gasteiger partial charge in [-0.1, -0.05) is 36.4 Å². The van der Waals surface area contributed by atoms with Crippen LogP contribution < -0.4 is 5.32 Å². The van der Waals surface area contributed by atoms with Gasteiger partial charge < -0.3 is 5.32 Å².